The number of benzene rings is 1. The van der Waals surface area contributed by atoms with E-state index in [2.05, 4.69) is 26.6 Å². The third-order valence-electron chi connectivity index (χ3n) is 6.63. The fourth-order valence-corrected chi connectivity index (χ4v) is 5.71. The van der Waals surface area contributed by atoms with Crippen molar-refractivity contribution in [3.05, 3.63) is 28.2 Å². The lowest BCUT2D eigenvalue weighted by Crippen LogP contribution is -2.55. The Morgan fingerprint density at radius 1 is 1.34 bits per heavy atom. The average molecular weight is 464 g/mol. The second-order valence-electron chi connectivity index (χ2n) is 8.29. The second-order valence-corrected chi connectivity index (χ2v) is 9.20. The van der Waals surface area contributed by atoms with E-state index in [9.17, 15) is 19.5 Å². The van der Waals surface area contributed by atoms with Gasteiger partial charge < -0.3 is 15.2 Å². The lowest BCUT2D eigenvalue weighted by atomic mass is 9.76. The van der Waals surface area contributed by atoms with E-state index in [4.69, 9.17) is 4.74 Å². The molecule has 154 valence electrons. The first kappa shape index (κ1) is 19.2. The number of aliphatic hydroxyl groups excluding tert-OH is 1. The van der Waals surface area contributed by atoms with Gasteiger partial charge in [-0.25, -0.2) is 0 Å². The first-order chi connectivity index (χ1) is 13.8. The zero-order chi connectivity index (χ0) is 20.5. The second kappa shape index (κ2) is 6.60. The van der Waals surface area contributed by atoms with Crippen LogP contribution in [0.2, 0.25) is 0 Å². The van der Waals surface area contributed by atoms with E-state index in [1.807, 2.05) is 6.07 Å². The number of carbonyl (C=O) groups is 3. The van der Waals surface area contributed by atoms with Gasteiger partial charge in [-0.05, 0) is 38.0 Å². The molecule has 1 aromatic carbocycles. The molecule has 0 saturated carbocycles. The van der Waals surface area contributed by atoms with Gasteiger partial charge >= 0.3 is 0 Å². The first-order valence-corrected chi connectivity index (χ1v) is 10.7. The fourth-order valence-electron chi connectivity index (χ4n) is 5.35. The smallest absolute Gasteiger partial charge is 0.250 e. The number of amides is 3. The highest BCUT2D eigenvalue weighted by Gasteiger charge is 2.71. The van der Waals surface area contributed by atoms with E-state index in [1.165, 1.54) is 4.90 Å². The summed E-state index contributed by atoms with van der Waals surface area (Å²) in [5, 5.41) is 16.4. The Hall–Kier alpha value is -1.81. The number of hydrogen-bond donors (Lipinski definition) is 3. The highest BCUT2D eigenvalue weighted by Crippen LogP contribution is 2.53. The Labute approximate surface area is 176 Å². The van der Waals surface area contributed by atoms with Gasteiger partial charge in [0.1, 0.15) is 5.54 Å². The number of carbonyl (C=O) groups excluding carboxylic acids is 3. The normalized spacial score (nSPS) is 36.7. The third kappa shape index (κ3) is 2.57. The summed E-state index contributed by atoms with van der Waals surface area (Å²) in [5.41, 5.74) is -0.160. The van der Waals surface area contributed by atoms with Gasteiger partial charge in [0.2, 0.25) is 17.7 Å². The van der Waals surface area contributed by atoms with E-state index in [0.717, 1.165) is 17.3 Å². The number of aliphatic hydroxyl groups is 1. The van der Waals surface area contributed by atoms with Gasteiger partial charge in [0.15, 0.2) is 0 Å². The summed E-state index contributed by atoms with van der Waals surface area (Å²) in [4.78, 5) is 41.2. The lowest BCUT2D eigenvalue weighted by Gasteiger charge is -2.30. The molecule has 3 fully saturated rings. The van der Waals surface area contributed by atoms with Crippen molar-refractivity contribution in [1.82, 2.24) is 10.2 Å². The molecule has 0 radical (unpaired) electrons. The molecule has 1 aromatic rings. The number of likely N-dealkylation sites (tertiary alicyclic amines) is 1. The van der Waals surface area contributed by atoms with Gasteiger partial charge in [0.05, 0.1) is 30.6 Å². The molecule has 1 spiro atoms. The minimum absolute atomic E-state index is 0.172. The van der Waals surface area contributed by atoms with Crippen LogP contribution in [-0.4, -0.2) is 59.1 Å². The lowest BCUT2D eigenvalue weighted by molar-refractivity contribution is -0.144. The van der Waals surface area contributed by atoms with Crippen molar-refractivity contribution in [2.75, 3.05) is 18.5 Å². The number of nitrogens with one attached hydrogen (secondary N) is 2. The Balaban J connectivity index is 1.61. The molecular formula is C20H22BrN3O5. The van der Waals surface area contributed by atoms with Crippen LogP contribution in [0, 0.1) is 11.8 Å². The fraction of sp³-hybridized carbons (Fsp3) is 0.550. The Morgan fingerprint density at radius 3 is 2.83 bits per heavy atom. The molecule has 4 heterocycles. The highest BCUT2D eigenvalue weighted by atomic mass is 79.9. The van der Waals surface area contributed by atoms with E-state index in [0.29, 0.717) is 17.9 Å². The van der Waals surface area contributed by atoms with E-state index in [-0.39, 0.29) is 30.4 Å². The van der Waals surface area contributed by atoms with Gasteiger partial charge in [-0.15, -0.1) is 0 Å². The van der Waals surface area contributed by atoms with Crippen LogP contribution in [0.1, 0.15) is 25.3 Å². The summed E-state index contributed by atoms with van der Waals surface area (Å²) >= 11 is 3.43. The molecule has 29 heavy (non-hydrogen) atoms. The molecule has 0 aromatic heterocycles. The van der Waals surface area contributed by atoms with Gasteiger partial charge in [-0.2, -0.15) is 0 Å². The first-order valence-electron chi connectivity index (χ1n) is 9.88. The number of halogens is 1. The van der Waals surface area contributed by atoms with Crippen LogP contribution in [0.15, 0.2) is 22.7 Å². The monoisotopic (exact) mass is 463 g/mol. The number of rotatable bonds is 3. The maximum Gasteiger partial charge on any atom is 0.250 e. The standard InChI is InChI=1S/C20H22BrN3O5/c1-9(25)16-14-15(18(27)24(17(14)26)8-11-3-2-6-29-11)20(23-16)12-7-10(21)4-5-13(12)22-19(20)28/h4-5,7,9,11,14-16,23,25H,2-3,6,8H2,1H3,(H,22,28)/t9-,11+,14+,15-,16-,20-/m0/s1. The van der Waals surface area contributed by atoms with Crippen LogP contribution in [0.5, 0.6) is 0 Å². The van der Waals surface area contributed by atoms with Gasteiger partial charge in [-0.3, -0.25) is 24.6 Å². The van der Waals surface area contributed by atoms with Crippen LogP contribution >= 0.6 is 15.9 Å². The molecular weight excluding hydrogens is 442 g/mol. The zero-order valence-corrected chi connectivity index (χ0v) is 17.4. The summed E-state index contributed by atoms with van der Waals surface area (Å²) in [6.45, 7) is 2.39. The molecule has 0 aliphatic carbocycles. The van der Waals surface area contributed by atoms with Crippen LogP contribution < -0.4 is 10.6 Å². The molecule has 5 rings (SSSR count). The minimum Gasteiger partial charge on any atom is -0.392 e. The van der Waals surface area contributed by atoms with Crippen molar-refractivity contribution in [2.24, 2.45) is 11.8 Å². The predicted octanol–water partition coefficient (Wildman–Crippen LogP) is 0.729. The number of ether oxygens (including phenoxy) is 1. The van der Waals surface area contributed by atoms with Crippen molar-refractivity contribution in [3.63, 3.8) is 0 Å². The highest BCUT2D eigenvalue weighted by molar-refractivity contribution is 9.10. The van der Waals surface area contributed by atoms with Crippen molar-refractivity contribution in [2.45, 2.75) is 43.6 Å². The van der Waals surface area contributed by atoms with E-state index < -0.39 is 29.5 Å². The van der Waals surface area contributed by atoms with Gasteiger partial charge in [0, 0.05) is 28.4 Å². The number of nitrogens with zero attached hydrogens (tertiary/aromatic N) is 1. The molecule has 0 bridgehead atoms. The molecule has 3 amide bonds. The molecule has 8 nitrogen and oxygen atoms in total. The summed E-state index contributed by atoms with van der Waals surface area (Å²) < 4.78 is 6.38. The van der Waals surface area contributed by atoms with Crippen LogP contribution in [-0.2, 0) is 24.7 Å². The Morgan fingerprint density at radius 2 is 2.14 bits per heavy atom. The average Bonchev–Trinajstić information content (AvgIpc) is 3.41. The quantitative estimate of drug-likeness (QED) is 0.570. The number of hydrogen-bond acceptors (Lipinski definition) is 6. The third-order valence-corrected chi connectivity index (χ3v) is 7.13. The SMILES string of the molecule is C[C@H](O)[C@@H]1N[C@]2(C(=O)Nc3ccc(Br)cc32)[C@@H]2C(=O)N(C[C@H]3CCCO3)C(=O)[C@@H]12. The number of imide groups is 1. The van der Waals surface area contributed by atoms with E-state index in [1.54, 1.807) is 19.1 Å². The van der Waals surface area contributed by atoms with Crippen molar-refractivity contribution in [3.8, 4) is 0 Å². The minimum atomic E-state index is -1.39. The zero-order valence-electron chi connectivity index (χ0n) is 15.9. The molecule has 6 atom stereocenters. The largest absolute Gasteiger partial charge is 0.392 e. The summed E-state index contributed by atoms with van der Waals surface area (Å²) in [6, 6.07) is 4.66. The molecule has 3 N–H and O–H groups in total. The Kier molecular flexibility index (Phi) is 4.36. The molecule has 9 heteroatoms. The van der Waals surface area contributed by atoms with Gasteiger partial charge in [-0.1, -0.05) is 15.9 Å². The topological polar surface area (TPSA) is 108 Å². The summed E-state index contributed by atoms with van der Waals surface area (Å²) in [6.07, 6.45) is 0.616. The van der Waals surface area contributed by atoms with Crippen molar-refractivity contribution in [1.29, 1.82) is 0 Å². The molecule has 3 saturated heterocycles. The van der Waals surface area contributed by atoms with E-state index >= 15 is 0 Å². The number of fused-ring (bicyclic) bond motifs is 4. The van der Waals surface area contributed by atoms with Crippen LogP contribution in [0.4, 0.5) is 5.69 Å². The van der Waals surface area contributed by atoms with Gasteiger partial charge in [0.25, 0.3) is 0 Å². The van der Waals surface area contributed by atoms with Crippen molar-refractivity contribution < 1.29 is 24.2 Å². The summed E-state index contributed by atoms with van der Waals surface area (Å²) in [7, 11) is 0. The molecule has 0 unspecified atom stereocenters. The number of anilines is 1. The summed E-state index contributed by atoms with van der Waals surface area (Å²) in [5.74, 6) is -2.81. The Bertz CT molecular complexity index is 915. The van der Waals surface area contributed by atoms with Crippen LogP contribution in [0.25, 0.3) is 0 Å². The van der Waals surface area contributed by atoms with Crippen LogP contribution in [0.3, 0.4) is 0 Å². The van der Waals surface area contributed by atoms with Crippen molar-refractivity contribution >= 4 is 39.3 Å². The molecule has 4 aliphatic heterocycles. The predicted molar refractivity (Wildman–Crippen MR) is 106 cm³/mol. The maximum absolute atomic E-state index is 13.5. The molecule has 4 aliphatic rings. The maximum atomic E-state index is 13.5.